The molecule has 0 atom stereocenters. The van der Waals surface area contributed by atoms with Crippen molar-refractivity contribution in [2.45, 2.75) is 19.6 Å². The fourth-order valence-electron chi connectivity index (χ4n) is 2.58. The lowest BCUT2D eigenvalue weighted by Crippen LogP contribution is -2.37. The fourth-order valence-corrected chi connectivity index (χ4v) is 3.75. The molecule has 3 rings (SSSR count). The first kappa shape index (κ1) is 14.0. The van der Waals surface area contributed by atoms with Crippen LogP contribution in [0.4, 0.5) is 11.4 Å². The summed E-state index contributed by atoms with van der Waals surface area (Å²) in [5.41, 5.74) is 3.54. The summed E-state index contributed by atoms with van der Waals surface area (Å²) in [7, 11) is 0.862. The van der Waals surface area contributed by atoms with E-state index < -0.39 is 8.07 Å². The smallest absolute Gasteiger partial charge is 0.0775 e. The number of nitrogens with one attached hydrogen (secondary N) is 1. The summed E-state index contributed by atoms with van der Waals surface area (Å²) in [6.45, 7) is 7.12. The summed E-state index contributed by atoms with van der Waals surface area (Å²) in [5.74, 6) is 0. The summed E-state index contributed by atoms with van der Waals surface area (Å²) in [4.78, 5) is 0. The van der Waals surface area contributed by atoms with Crippen LogP contribution in [0.5, 0.6) is 0 Å². The SMILES string of the molecule is Cn1ccc2cc(Nc3ccc([Si](C)(C)C)cc3)ccc21. The van der Waals surface area contributed by atoms with Crippen molar-refractivity contribution in [1.82, 2.24) is 4.57 Å². The summed E-state index contributed by atoms with van der Waals surface area (Å²) < 4.78 is 2.14. The molecule has 21 heavy (non-hydrogen) atoms. The highest BCUT2D eigenvalue weighted by Gasteiger charge is 2.15. The normalized spacial score (nSPS) is 11.8. The molecule has 2 aromatic carbocycles. The predicted molar refractivity (Wildman–Crippen MR) is 95.6 cm³/mol. The van der Waals surface area contributed by atoms with Gasteiger partial charge in [-0.3, -0.25) is 0 Å². The van der Waals surface area contributed by atoms with Gasteiger partial charge in [-0.05, 0) is 36.4 Å². The van der Waals surface area contributed by atoms with Crippen LogP contribution in [0.25, 0.3) is 10.9 Å². The molecule has 0 saturated carbocycles. The van der Waals surface area contributed by atoms with Crippen LogP contribution in [0.2, 0.25) is 19.6 Å². The van der Waals surface area contributed by atoms with Crippen molar-refractivity contribution in [3.63, 3.8) is 0 Å². The van der Waals surface area contributed by atoms with E-state index in [1.807, 2.05) is 0 Å². The maximum absolute atomic E-state index is 3.49. The molecular weight excluding hydrogens is 272 g/mol. The molecule has 1 heterocycles. The van der Waals surface area contributed by atoms with Crippen LogP contribution < -0.4 is 10.5 Å². The molecule has 0 aliphatic rings. The maximum Gasteiger partial charge on any atom is 0.0775 e. The highest BCUT2D eigenvalue weighted by Crippen LogP contribution is 2.22. The monoisotopic (exact) mass is 294 g/mol. The molecule has 0 radical (unpaired) electrons. The zero-order chi connectivity index (χ0) is 15.0. The second kappa shape index (κ2) is 5.08. The van der Waals surface area contributed by atoms with Gasteiger partial charge in [0, 0.05) is 35.5 Å². The van der Waals surface area contributed by atoms with Crippen molar-refractivity contribution >= 4 is 35.5 Å². The van der Waals surface area contributed by atoms with Crippen molar-refractivity contribution in [2.75, 3.05) is 5.32 Å². The molecule has 1 aromatic heterocycles. The molecule has 0 aliphatic heterocycles. The van der Waals surface area contributed by atoms with Gasteiger partial charge in [0.05, 0.1) is 8.07 Å². The molecule has 0 bridgehead atoms. The second-order valence-corrected chi connectivity index (χ2v) is 11.7. The Morgan fingerprint density at radius 3 is 2.19 bits per heavy atom. The van der Waals surface area contributed by atoms with Crippen LogP contribution in [-0.2, 0) is 7.05 Å². The van der Waals surface area contributed by atoms with Gasteiger partial charge in [0.2, 0.25) is 0 Å². The van der Waals surface area contributed by atoms with E-state index in [1.165, 1.54) is 16.1 Å². The van der Waals surface area contributed by atoms with Crippen molar-refractivity contribution in [3.05, 3.63) is 54.7 Å². The second-order valence-electron chi connectivity index (χ2n) is 6.65. The number of nitrogens with zero attached hydrogens (tertiary/aromatic N) is 1. The minimum absolute atomic E-state index is 1.13. The van der Waals surface area contributed by atoms with Gasteiger partial charge in [-0.25, -0.2) is 0 Å². The number of aryl methyl sites for hydroxylation is 1. The first-order valence-electron chi connectivity index (χ1n) is 7.36. The molecule has 0 fully saturated rings. The van der Waals surface area contributed by atoms with E-state index in [2.05, 4.69) is 91.3 Å². The average molecular weight is 294 g/mol. The molecule has 2 nitrogen and oxygen atoms in total. The first-order chi connectivity index (χ1) is 9.93. The van der Waals surface area contributed by atoms with Gasteiger partial charge in [0.25, 0.3) is 0 Å². The maximum atomic E-state index is 3.49. The Balaban J connectivity index is 1.84. The van der Waals surface area contributed by atoms with Gasteiger partial charge in [0.15, 0.2) is 0 Å². The van der Waals surface area contributed by atoms with Gasteiger partial charge in [0.1, 0.15) is 0 Å². The number of fused-ring (bicyclic) bond motifs is 1. The van der Waals surface area contributed by atoms with E-state index >= 15 is 0 Å². The lowest BCUT2D eigenvalue weighted by atomic mass is 10.2. The average Bonchev–Trinajstić information content (AvgIpc) is 2.80. The molecule has 0 saturated heterocycles. The van der Waals surface area contributed by atoms with Crippen molar-refractivity contribution in [2.24, 2.45) is 7.05 Å². The van der Waals surface area contributed by atoms with Crippen LogP contribution >= 0.6 is 0 Å². The van der Waals surface area contributed by atoms with E-state index in [0.717, 1.165) is 11.4 Å². The van der Waals surface area contributed by atoms with E-state index in [0.29, 0.717) is 0 Å². The third-order valence-electron chi connectivity index (χ3n) is 3.92. The van der Waals surface area contributed by atoms with Crippen molar-refractivity contribution < 1.29 is 0 Å². The van der Waals surface area contributed by atoms with E-state index in [9.17, 15) is 0 Å². The Kier molecular flexibility index (Phi) is 3.37. The number of hydrogen-bond acceptors (Lipinski definition) is 1. The number of hydrogen-bond donors (Lipinski definition) is 1. The predicted octanol–water partition coefficient (Wildman–Crippen LogP) is 4.47. The molecule has 1 N–H and O–H groups in total. The Bertz CT molecular complexity index is 764. The molecular formula is C18H22N2Si. The molecule has 108 valence electrons. The van der Waals surface area contributed by atoms with E-state index in [1.54, 1.807) is 0 Å². The zero-order valence-corrected chi connectivity index (χ0v) is 14.1. The minimum Gasteiger partial charge on any atom is -0.356 e. The van der Waals surface area contributed by atoms with Crippen LogP contribution in [-0.4, -0.2) is 12.6 Å². The van der Waals surface area contributed by atoms with E-state index in [4.69, 9.17) is 0 Å². The number of aromatic nitrogens is 1. The molecule has 3 heteroatoms. The zero-order valence-electron chi connectivity index (χ0n) is 13.1. The quantitative estimate of drug-likeness (QED) is 0.705. The summed E-state index contributed by atoms with van der Waals surface area (Å²) in [6.07, 6.45) is 2.09. The number of anilines is 2. The highest BCUT2D eigenvalue weighted by molar-refractivity contribution is 6.88. The van der Waals surface area contributed by atoms with Gasteiger partial charge >= 0.3 is 0 Å². The Morgan fingerprint density at radius 1 is 0.857 bits per heavy atom. The minimum atomic E-state index is -1.21. The van der Waals surface area contributed by atoms with Gasteiger partial charge < -0.3 is 9.88 Å². The van der Waals surface area contributed by atoms with Crippen molar-refractivity contribution in [3.8, 4) is 0 Å². The third kappa shape index (κ3) is 2.88. The molecule has 0 unspecified atom stereocenters. The summed E-state index contributed by atoms with van der Waals surface area (Å²) in [5, 5.41) is 6.25. The summed E-state index contributed by atoms with van der Waals surface area (Å²) >= 11 is 0. The lowest BCUT2D eigenvalue weighted by molar-refractivity contribution is 0.969. The first-order valence-corrected chi connectivity index (χ1v) is 10.9. The molecule has 3 aromatic rings. The number of benzene rings is 2. The fraction of sp³-hybridized carbons (Fsp3) is 0.222. The van der Waals surface area contributed by atoms with Crippen LogP contribution in [0, 0.1) is 0 Å². The van der Waals surface area contributed by atoms with Gasteiger partial charge in [-0.15, -0.1) is 0 Å². The van der Waals surface area contributed by atoms with Crippen molar-refractivity contribution in [1.29, 1.82) is 0 Å². The Hall–Kier alpha value is -2.00. The van der Waals surface area contributed by atoms with Crippen LogP contribution in [0.15, 0.2) is 54.7 Å². The Labute approximate surface area is 127 Å². The molecule has 0 spiro atoms. The highest BCUT2D eigenvalue weighted by atomic mass is 28.3. The largest absolute Gasteiger partial charge is 0.356 e. The van der Waals surface area contributed by atoms with Gasteiger partial charge in [-0.1, -0.05) is 37.0 Å². The topological polar surface area (TPSA) is 17.0 Å². The van der Waals surface area contributed by atoms with Crippen LogP contribution in [0.1, 0.15) is 0 Å². The third-order valence-corrected chi connectivity index (χ3v) is 5.99. The Morgan fingerprint density at radius 2 is 1.52 bits per heavy atom. The number of rotatable bonds is 3. The van der Waals surface area contributed by atoms with Crippen LogP contribution in [0.3, 0.4) is 0 Å². The van der Waals surface area contributed by atoms with E-state index in [-0.39, 0.29) is 0 Å². The molecule has 0 amide bonds. The lowest BCUT2D eigenvalue weighted by Gasteiger charge is -2.17. The van der Waals surface area contributed by atoms with Gasteiger partial charge in [-0.2, -0.15) is 0 Å². The molecule has 0 aliphatic carbocycles. The standard InChI is InChI=1S/C18H22N2Si/c1-20-12-11-14-13-16(7-10-18(14)20)19-15-5-8-17(9-6-15)21(2,3)4/h5-13,19H,1-4H3. The summed E-state index contributed by atoms with van der Waals surface area (Å²) in [6, 6.07) is 17.5.